The Labute approximate surface area is 68.5 Å². The van der Waals surface area contributed by atoms with E-state index in [1.807, 2.05) is 6.92 Å². The number of amides is 1. The second kappa shape index (κ2) is 2.30. The van der Waals surface area contributed by atoms with Gasteiger partial charge in [0.2, 0.25) is 0 Å². The molecule has 0 spiro atoms. The van der Waals surface area contributed by atoms with Crippen LogP contribution in [0, 0.1) is 6.92 Å². The lowest BCUT2D eigenvalue weighted by molar-refractivity contribution is 0.0942. The zero-order valence-corrected chi connectivity index (χ0v) is 6.99. The standard InChI is InChI=1S/C7H8N2OS/c1-4-9-6-5(11-4)2-3-8-7(6)10/h2-3H2,1H3,(H,8,10). The van der Waals surface area contributed by atoms with Gasteiger partial charge in [-0.25, -0.2) is 4.98 Å². The molecule has 0 aliphatic carbocycles. The molecule has 1 amide bonds. The summed E-state index contributed by atoms with van der Waals surface area (Å²) in [6, 6.07) is 0. The molecule has 0 saturated heterocycles. The lowest BCUT2D eigenvalue weighted by Crippen LogP contribution is -2.31. The van der Waals surface area contributed by atoms with E-state index < -0.39 is 0 Å². The maximum Gasteiger partial charge on any atom is 0.271 e. The van der Waals surface area contributed by atoms with Crippen LogP contribution < -0.4 is 5.32 Å². The third-order valence-corrected chi connectivity index (χ3v) is 2.69. The molecule has 0 saturated carbocycles. The first-order chi connectivity index (χ1) is 5.27. The minimum atomic E-state index is -0.0180. The fourth-order valence-electron chi connectivity index (χ4n) is 1.19. The highest BCUT2D eigenvalue weighted by Gasteiger charge is 2.20. The van der Waals surface area contributed by atoms with Gasteiger partial charge in [-0.2, -0.15) is 0 Å². The molecule has 1 aliphatic rings. The predicted molar refractivity (Wildman–Crippen MR) is 42.9 cm³/mol. The van der Waals surface area contributed by atoms with Crippen molar-refractivity contribution >= 4 is 17.2 Å². The number of thiazole rings is 1. The van der Waals surface area contributed by atoms with Gasteiger partial charge in [0.15, 0.2) is 0 Å². The van der Waals surface area contributed by atoms with E-state index in [9.17, 15) is 4.79 Å². The van der Waals surface area contributed by atoms with Crippen LogP contribution in [-0.4, -0.2) is 17.4 Å². The van der Waals surface area contributed by atoms with Crippen LogP contribution in [0.3, 0.4) is 0 Å². The van der Waals surface area contributed by atoms with Crippen molar-refractivity contribution < 1.29 is 4.79 Å². The lowest BCUT2D eigenvalue weighted by Gasteiger charge is -2.09. The van der Waals surface area contributed by atoms with E-state index in [0.29, 0.717) is 5.69 Å². The van der Waals surface area contributed by atoms with E-state index in [-0.39, 0.29) is 5.91 Å². The van der Waals surface area contributed by atoms with Crippen molar-refractivity contribution in [1.29, 1.82) is 0 Å². The number of aryl methyl sites for hydroxylation is 1. The van der Waals surface area contributed by atoms with E-state index in [1.165, 1.54) is 0 Å². The maximum absolute atomic E-state index is 11.1. The summed E-state index contributed by atoms with van der Waals surface area (Å²) in [6.45, 7) is 2.68. The molecule has 0 bridgehead atoms. The normalized spacial score (nSPS) is 15.9. The van der Waals surface area contributed by atoms with E-state index in [0.717, 1.165) is 22.9 Å². The van der Waals surface area contributed by atoms with Crippen molar-refractivity contribution in [3.63, 3.8) is 0 Å². The number of rotatable bonds is 0. The number of fused-ring (bicyclic) bond motifs is 1. The first-order valence-corrected chi connectivity index (χ1v) is 4.33. The topological polar surface area (TPSA) is 42.0 Å². The summed E-state index contributed by atoms with van der Waals surface area (Å²) in [4.78, 5) is 16.4. The second-order valence-electron chi connectivity index (χ2n) is 2.51. The van der Waals surface area contributed by atoms with Gasteiger partial charge in [0.1, 0.15) is 5.69 Å². The maximum atomic E-state index is 11.1. The van der Waals surface area contributed by atoms with Gasteiger partial charge < -0.3 is 5.32 Å². The summed E-state index contributed by atoms with van der Waals surface area (Å²) < 4.78 is 0. The van der Waals surface area contributed by atoms with Crippen LogP contribution in [0.15, 0.2) is 0 Å². The van der Waals surface area contributed by atoms with Crippen LogP contribution in [0.5, 0.6) is 0 Å². The van der Waals surface area contributed by atoms with Gasteiger partial charge >= 0.3 is 0 Å². The van der Waals surface area contributed by atoms with Crippen LogP contribution in [0.25, 0.3) is 0 Å². The summed E-state index contributed by atoms with van der Waals surface area (Å²) in [5, 5.41) is 3.74. The molecule has 4 heteroatoms. The second-order valence-corrected chi connectivity index (χ2v) is 3.80. The van der Waals surface area contributed by atoms with Crippen LogP contribution >= 0.6 is 11.3 Å². The average Bonchev–Trinajstić information content (AvgIpc) is 2.31. The average molecular weight is 168 g/mol. The van der Waals surface area contributed by atoms with Crippen LogP contribution in [0.2, 0.25) is 0 Å². The molecule has 1 aromatic heterocycles. The molecule has 3 nitrogen and oxygen atoms in total. The highest BCUT2D eigenvalue weighted by molar-refractivity contribution is 7.11. The Hall–Kier alpha value is -0.900. The van der Waals surface area contributed by atoms with Gasteiger partial charge in [0.05, 0.1) is 5.01 Å². The van der Waals surface area contributed by atoms with Gasteiger partial charge in [-0.05, 0) is 6.92 Å². The minimum absolute atomic E-state index is 0.0180. The molecule has 11 heavy (non-hydrogen) atoms. The van der Waals surface area contributed by atoms with Crippen molar-refractivity contribution in [2.45, 2.75) is 13.3 Å². The Kier molecular flexibility index (Phi) is 1.42. The number of hydrogen-bond donors (Lipinski definition) is 1. The molecule has 0 atom stereocenters. The Balaban J connectivity index is 2.52. The smallest absolute Gasteiger partial charge is 0.271 e. The first-order valence-electron chi connectivity index (χ1n) is 3.52. The third-order valence-electron chi connectivity index (χ3n) is 1.66. The van der Waals surface area contributed by atoms with E-state index >= 15 is 0 Å². The minimum Gasteiger partial charge on any atom is -0.350 e. The van der Waals surface area contributed by atoms with Gasteiger partial charge in [-0.1, -0.05) is 0 Å². The largest absolute Gasteiger partial charge is 0.350 e. The Morgan fingerprint density at radius 1 is 1.64 bits per heavy atom. The molecular formula is C7H8N2OS. The van der Waals surface area contributed by atoms with E-state index in [1.54, 1.807) is 11.3 Å². The fourth-order valence-corrected chi connectivity index (χ4v) is 2.12. The number of carbonyl (C=O) groups excluding carboxylic acids is 1. The number of hydrogen-bond acceptors (Lipinski definition) is 3. The molecule has 0 fully saturated rings. The molecule has 2 heterocycles. The molecule has 1 aliphatic heterocycles. The molecule has 2 rings (SSSR count). The van der Waals surface area contributed by atoms with Gasteiger partial charge in [-0.3, -0.25) is 4.79 Å². The Morgan fingerprint density at radius 2 is 2.45 bits per heavy atom. The highest BCUT2D eigenvalue weighted by Crippen LogP contribution is 2.20. The van der Waals surface area contributed by atoms with Crippen molar-refractivity contribution in [3.05, 3.63) is 15.6 Å². The highest BCUT2D eigenvalue weighted by atomic mass is 32.1. The summed E-state index contributed by atoms with van der Waals surface area (Å²) in [5.41, 5.74) is 0.638. The number of carbonyl (C=O) groups is 1. The van der Waals surface area contributed by atoms with Gasteiger partial charge in [0, 0.05) is 17.8 Å². The molecule has 0 aromatic carbocycles. The summed E-state index contributed by atoms with van der Waals surface area (Å²) in [7, 11) is 0. The van der Waals surface area contributed by atoms with E-state index in [2.05, 4.69) is 10.3 Å². The molecular weight excluding hydrogens is 160 g/mol. The van der Waals surface area contributed by atoms with Crippen LogP contribution in [-0.2, 0) is 6.42 Å². The van der Waals surface area contributed by atoms with Crippen molar-refractivity contribution in [3.8, 4) is 0 Å². The Morgan fingerprint density at radius 3 is 3.18 bits per heavy atom. The predicted octanol–water partition coefficient (Wildman–Crippen LogP) is 0.737. The number of nitrogens with one attached hydrogen (secondary N) is 1. The zero-order valence-electron chi connectivity index (χ0n) is 6.18. The first kappa shape index (κ1) is 6.79. The number of nitrogens with zero attached hydrogens (tertiary/aromatic N) is 1. The van der Waals surface area contributed by atoms with Gasteiger partial charge in [0.25, 0.3) is 5.91 Å². The quantitative estimate of drug-likeness (QED) is 0.620. The Bertz CT molecular complexity index is 305. The SMILES string of the molecule is Cc1nc2c(s1)CCNC2=O. The van der Waals surface area contributed by atoms with E-state index in [4.69, 9.17) is 0 Å². The molecule has 1 N–H and O–H groups in total. The van der Waals surface area contributed by atoms with Crippen LogP contribution in [0.1, 0.15) is 20.4 Å². The lowest BCUT2D eigenvalue weighted by atomic mass is 10.2. The number of aromatic nitrogens is 1. The molecule has 58 valence electrons. The monoisotopic (exact) mass is 168 g/mol. The molecule has 0 radical (unpaired) electrons. The summed E-state index contributed by atoms with van der Waals surface area (Å²) in [6.07, 6.45) is 0.937. The van der Waals surface area contributed by atoms with Crippen molar-refractivity contribution in [1.82, 2.24) is 10.3 Å². The molecule has 0 unspecified atom stereocenters. The zero-order chi connectivity index (χ0) is 7.84. The van der Waals surface area contributed by atoms with Crippen molar-refractivity contribution in [2.24, 2.45) is 0 Å². The van der Waals surface area contributed by atoms with Crippen LogP contribution in [0.4, 0.5) is 0 Å². The summed E-state index contributed by atoms with van der Waals surface area (Å²) in [5.74, 6) is -0.0180. The fraction of sp³-hybridized carbons (Fsp3) is 0.429. The summed E-state index contributed by atoms with van der Waals surface area (Å²) >= 11 is 1.62. The molecule has 1 aromatic rings. The van der Waals surface area contributed by atoms with Gasteiger partial charge in [-0.15, -0.1) is 11.3 Å². The van der Waals surface area contributed by atoms with Crippen molar-refractivity contribution in [2.75, 3.05) is 6.54 Å². The third kappa shape index (κ3) is 1.03.